The molecule has 0 aliphatic heterocycles. The van der Waals surface area contributed by atoms with Crippen molar-refractivity contribution in [3.8, 4) is 11.3 Å². The minimum Gasteiger partial charge on any atom is -0.368 e. The third-order valence-corrected chi connectivity index (χ3v) is 5.42. The molecular weight excluding hydrogens is 478 g/mol. The number of hydrogen-bond acceptors (Lipinski definition) is 4. The molecule has 6 nitrogen and oxygen atoms in total. The average Bonchev–Trinajstić information content (AvgIpc) is 3.17. The van der Waals surface area contributed by atoms with Gasteiger partial charge in [-0.1, -0.05) is 60.1 Å². The van der Waals surface area contributed by atoms with E-state index in [0.717, 1.165) is 27.1 Å². The molecule has 4 rings (SSSR count). The van der Waals surface area contributed by atoms with Gasteiger partial charge in [0.05, 0.1) is 16.4 Å². The Morgan fingerprint density at radius 3 is 2.68 bits per heavy atom. The molecule has 8 heteroatoms. The predicted molar refractivity (Wildman–Crippen MR) is 128 cm³/mol. The van der Waals surface area contributed by atoms with Crippen molar-refractivity contribution in [1.82, 2.24) is 19.9 Å². The van der Waals surface area contributed by atoms with E-state index in [0.29, 0.717) is 23.8 Å². The van der Waals surface area contributed by atoms with Crippen molar-refractivity contribution in [2.45, 2.75) is 0 Å². The molecule has 2 aromatic carbocycles. The summed E-state index contributed by atoms with van der Waals surface area (Å²) in [6.45, 7) is 0.967. The van der Waals surface area contributed by atoms with Gasteiger partial charge in [-0.25, -0.2) is 4.98 Å². The second-order valence-electron chi connectivity index (χ2n) is 6.70. The topological polar surface area (TPSA) is 71.3 Å². The number of nitrogens with zero attached hydrogens (tertiary/aromatic N) is 3. The smallest absolute Gasteiger partial charge is 0.244 e. The molecule has 0 atom stereocenters. The number of amides is 1. The van der Waals surface area contributed by atoms with E-state index < -0.39 is 0 Å². The first-order valence-corrected chi connectivity index (χ1v) is 10.8. The molecule has 0 unspecified atom stereocenters. The summed E-state index contributed by atoms with van der Waals surface area (Å²) in [5.41, 5.74) is 3.22. The van der Waals surface area contributed by atoms with Gasteiger partial charge < -0.3 is 10.6 Å². The summed E-state index contributed by atoms with van der Waals surface area (Å²) < 4.78 is 2.49. The van der Waals surface area contributed by atoms with Gasteiger partial charge in [0, 0.05) is 35.8 Å². The summed E-state index contributed by atoms with van der Waals surface area (Å²) in [6, 6.07) is 19.1. The zero-order valence-corrected chi connectivity index (χ0v) is 18.8. The number of nitrogens with one attached hydrogen (secondary N) is 2. The van der Waals surface area contributed by atoms with E-state index in [4.69, 9.17) is 11.6 Å². The van der Waals surface area contributed by atoms with E-state index in [1.807, 2.05) is 60.7 Å². The lowest BCUT2D eigenvalue weighted by molar-refractivity contribution is -0.116. The molecule has 31 heavy (non-hydrogen) atoms. The molecule has 1 amide bonds. The molecular formula is C23H19BrClN5O. The van der Waals surface area contributed by atoms with Crippen molar-refractivity contribution in [2.24, 2.45) is 0 Å². The highest BCUT2D eigenvalue weighted by Crippen LogP contribution is 2.30. The summed E-state index contributed by atoms with van der Waals surface area (Å²) >= 11 is 9.86. The number of carbonyl (C=O) groups excluding carboxylic acids is 1. The number of rotatable bonds is 7. The SMILES string of the molecule is O=C(C=Cc1ccccc1)NCCNc1cc(-c2ccccc2Cl)nc2c(Br)cnn12. The van der Waals surface area contributed by atoms with Gasteiger partial charge in [-0.2, -0.15) is 9.61 Å². The Morgan fingerprint density at radius 1 is 1.10 bits per heavy atom. The highest BCUT2D eigenvalue weighted by atomic mass is 79.9. The first-order chi connectivity index (χ1) is 15.1. The van der Waals surface area contributed by atoms with E-state index in [-0.39, 0.29) is 5.91 Å². The van der Waals surface area contributed by atoms with Gasteiger partial charge in [-0.05, 0) is 33.6 Å². The first-order valence-electron chi connectivity index (χ1n) is 9.66. The van der Waals surface area contributed by atoms with Crippen LogP contribution in [0.5, 0.6) is 0 Å². The van der Waals surface area contributed by atoms with Crippen LogP contribution in [0, 0.1) is 0 Å². The average molecular weight is 497 g/mol. The van der Waals surface area contributed by atoms with Crippen LogP contribution in [-0.4, -0.2) is 33.6 Å². The summed E-state index contributed by atoms with van der Waals surface area (Å²) in [5, 5.41) is 11.2. The standard InChI is InChI=1S/C23H19BrClN5O/c24-18-15-28-30-21(14-20(29-23(18)30)17-8-4-5-9-19(17)25)26-12-13-27-22(31)11-10-16-6-2-1-3-7-16/h1-11,14-15,26H,12-13H2,(H,27,31). The lowest BCUT2D eigenvalue weighted by atomic mass is 10.1. The highest BCUT2D eigenvalue weighted by Gasteiger charge is 2.13. The number of carbonyl (C=O) groups is 1. The fourth-order valence-electron chi connectivity index (χ4n) is 3.04. The molecule has 2 aromatic heterocycles. The van der Waals surface area contributed by atoms with Crippen LogP contribution in [0.15, 0.2) is 77.4 Å². The van der Waals surface area contributed by atoms with Gasteiger partial charge in [0.2, 0.25) is 5.91 Å². The van der Waals surface area contributed by atoms with Crippen LogP contribution < -0.4 is 10.6 Å². The fourth-order valence-corrected chi connectivity index (χ4v) is 3.62. The maximum atomic E-state index is 12.0. The van der Waals surface area contributed by atoms with Gasteiger partial charge in [-0.15, -0.1) is 0 Å². The van der Waals surface area contributed by atoms with Crippen LogP contribution in [0.2, 0.25) is 5.02 Å². The van der Waals surface area contributed by atoms with E-state index >= 15 is 0 Å². The molecule has 0 aliphatic carbocycles. The number of anilines is 1. The van der Waals surface area contributed by atoms with Crippen molar-refractivity contribution in [2.75, 3.05) is 18.4 Å². The molecule has 0 fully saturated rings. The van der Waals surface area contributed by atoms with Crippen molar-refractivity contribution >= 4 is 51.0 Å². The van der Waals surface area contributed by atoms with E-state index in [1.165, 1.54) is 6.08 Å². The monoisotopic (exact) mass is 495 g/mol. The molecule has 156 valence electrons. The van der Waals surface area contributed by atoms with Crippen molar-refractivity contribution in [3.05, 3.63) is 88.0 Å². The number of fused-ring (bicyclic) bond motifs is 1. The quantitative estimate of drug-likeness (QED) is 0.277. The number of aromatic nitrogens is 3. The Kier molecular flexibility index (Phi) is 6.64. The summed E-state index contributed by atoms with van der Waals surface area (Å²) in [7, 11) is 0. The second-order valence-corrected chi connectivity index (χ2v) is 7.96. The van der Waals surface area contributed by atoms with Gasteiger partial charge >= 0.3 is 0 Å². The Bertz CT molecular complexity index is 1240. The predicted octanol–water partition coefficient (Wildman–Crippen LogP) is 5.05. The third kappa shape index (κ3) is 5.13. The maximum absolute atomic E-state index is 12.0. The zero-order chi connectivity index (χ0) is 21.6. The zero-order valence-electron chi connectivity index (χ0n) is 16.4. The maximum Gasteiger partial charge on any atom is 0.244 e. The van der Waals surface area contributed by atoms with Crippen molar-refractivity contribution < 1.29 is 4.79 Å². The molecule has 0 spiro atoms. The lowest BCUT2D eigenvalue weighted by Gasteiger charge is -2.12. The minimum atomic E-state index is -0.149. The molecule has 0 aliphatic rings. The normalized spacial score (nSPS) is 11.2. The largest absolute Gasteiger partial charge is 0.368 e. The van der Waals surface area contributed by atoms with Gasteiger partial charge in [0.15, 0.2) is 5.65 Å². The molecule has 0 saturated carbocycles. The summed E-state index contributed by atoms with van der Waals surface area (Å²) in [4.78, 5) is 16.7. The van der Waals surface area contributed by atoms with E-state index in [9.17, 15) is 4.79 Å². The van der Waals surface area contributed by atoms with Gasteiger partial charge in [0.1, 0.15) is 5.82 Å². The molecule has 2 N–H and O–H groups in total. The van der Waals surface area contributed by atoms with Crippen LogP contribution in [0.1, 0.15) is 5.56 Å². The lowest BCUT2D eigenvalue weighted by Crippen LogP contribution is -2.27. The molecule has 0 radical (unpaired) electrons. The molecule has 4 aromatic rings. The second kappa shape index (κ2) is 9.76. The third-order valence-electron chi connectivity index (χ3n) is 4.54. The number of halogens is 2. The van der Waals surface area contributed by atoms with Gasteiger partial charge in [0.25, 0.3) is 0 Å². The Labute approximate surface area is 193 Å². The van der Waals surface area contributed by atoms with Crippen molar-refractivity contribution in [1.29, 1.82) is 0 Å². The summed E-state index contributed by atoms with van der Waals surface area (Å²) in [6.07, 6.45) is 5.01. The fraction of sp³-hybridized carbons (Fsp3) is 0.0870. The van der Waals surface area contributed by atoms with Crippen LogP contribution in [0.25, 0.3) is 23.0 Å². The van der Waals surface area contributed by atoms with Crippen LogP contribution >= 0.6 is 27.5 Å². The Morgan fingerprint density at radius 2 is 1.87 bits per heavy atom. The van der Waals surface area contributed by atoms with Crippen LogP contribution in [-0.2, 0) is 4.79 Å². The number of benzene rings is 2. The Balaban J connectivity index is 1.44. The first kappa shape index (κ1) is 21.1. The molecule has 2 heterocycles. The molecule has 0 bridgehead atoms. The van der Waals surface area contributed by atoms with Crippen LogP contribution in [0.4, 0.5) is 5.82 Å². The van der Waals surface area contributed by atoms with Gasteiger partial charge in [-0.3, -0.25) is 4.79 Å². The van der Waals surface area contributed by atoms with Crippen LogP contribution in [0.3, 0.4) is 0 Å². The van der Waals surface area contributed by atoms with E-state index in [1.54, 1.807) is 16.8 Å². The molecule has 0 saturated heterocycles. The van der Waals surface area contributed by atoms with E-state index in [2.05, 4.69) is 36.6 Å². The minimum absolute atomic E-state index is 0.149. The summed E-state index contributed by atoms with van der Waals surface area (Å²) in [5.74, 6) is 0.601. The highest BCUT2D eigenvalue weighted by molar-refractivity contribution is 9.10. The number of hydrogen-bond donors (Lipinski definition) is 2. The Hall–Kier alpha value is -3.16. The van der Waals surface area contributed by atoms with Crippen molar-refractivity contribution in [3.63, 3.8) is 0 Å².